The molecule has 5 heterocycles. The van der Waals surface area contributed by atoms with Crippen LogP contribution in [0, 0.1) is 0 Å². The predicted molar refractivity (Wildman–Crippen MR) is 285 cm³/mol. The number of anilines is 6. The fourth-order valence-electron chi connectivity index (χ4n) is 12.2. The highest BCUT2D eigenvalue weighted by molar-refractivity contribution is 7.00. The third-order valence-electron chi connectivity index (χ3n) is 15.6. The van der Waals surface area contributed by atoms with Crippen molar-refractivity contribution in [3.8, 4) is 55.9 Å². The lowest BCUT2D eigenvalue weighted by atomic mass is 9.32. The van der Waals surface area contributed by atoms with E-state index >= 15 is 0 Å². The number of aromatic nitrogens is 3. The van der Waals surface area contributed by atoms with Gasteiger partial charge in [0.25, 0.3) is 6.71 Å². The number of hydrogen-bond donors (Lipinski definition) is 0. The Morgan fingerprint density at radius 1 is 0.348 bits per heavy atom. The summed E-state index contributed by atoms with van der Waals surface area (Å²) in [5.41, 5.74) is 26.2. The monoisotopic (exact) mass is 883 g/mol. The quantitative estimate of drug-likeness (QED) is 0.161. The maximum absolute atomic E-state index is 4.82. The van der Waals surface area contributed by atoms with Crippen molar-refractivity contribution in [2.24, 2.45) is 0 Å². The molecule has 9 aromatic carbocycles. The molecule has 6 heteroatoms. The van der Waals surface area contributed by atoms with Crippen LogP contribution in [0.2, 0.25) is 0 Å². The molecule has 0 spiro atoms. The highest BCUT2D eigenvalue weighted by Gasteiger charge is 2.52. The normalized spacial score (nSPS) is 14.8. The van der Waals surface area contributed by atoms with E-state index in [0.29, 0.717) is 5.82 Å². The summed E-state index contributed by atoms with van der Waals surface area (Å²) < 4.78 is 0. The summed E-state index contributed by atoms with van der Waals surface area (Å²) >= 11 is 0. The van der Waals surface area contributed by atoms with Crippen molar-refractivity contribution in [3.63, 3.8) is 0 Å². The predicted octanol–water partition coefficient (Wildman–Crippen LogP) is 13.6. The second kappa shape index (κ2) is 14.6. The number of benzene rings is 9. The average Bonchev–Trinajstić information content (AvgIpc) is 3.40. The summed E-state index contributed by atoms with van der Waals surface area (Å²) in [5, 5.41) is 0. The maximum Gasteiger partial charge on any atom is 0.252 e. The van der Waals surface area contributed by atoms with Crippen LogP contribution in [0.15, 0.2) is 207 Å². The molecule has 5 nitrogen and oxygen atoms in total. The van der Waals surface area contributed by atoms with Crippen LogP contribution in [-0.4, -0.2) is 21.7 Å². The zero-order valence-electron chi connectivity index (χ0n) is 38.9. The van der Waals surface area contributed by atoms with E-state index in [2.05, 4.69) is 237 Å². The van der Waals surface area contributed by atoms with Crippen LogP contribution in [0.25, 0.3) is 55.9 Å². The van der Waals surface area contributed by atoms with E-state index in [4.69, 9.17) is 9.97 Å². The van der Waals surface area contributed by atoms with Crippen molar-refractivity contribution in [2.45, 2.75) is 38.5 Å². The highest BCUT2D eigenvalue weighted by atomic mass is 15.2. The Kier molecular flexibility index (Phi) is 8.41. The number of hydrogen-bond acceptors (Lipinski definition) is 5. The van der Waals surface area contributed by atoms with E-state index in [-0.39, 0.29) is 17.5 Å². The first-order valence-electron chi connectivity index (χ1n) is 24.0. The molecule has 0 amide bonds. The lowest BCUT2D eigenvalue weighted by Gasteiger charge is -2.52. The summed E-state index contributed by atoms with van der Waals surface area (Å²) in [6, 6.07) is 72.4. The first-order valence-corrected chi connectivity index (χ1v) is 24.0. The third kappa shape index (κ3) is 5.75. The first-order chi connectivity index (χ1) is 33.7. The van der Waals surface area contributed by atoms with Gasteiger partial charge in [0, 0.05) is 39.1 Å². The van der Waals surface area contributed by atoms with Gasteiger partial charge in [0.15, 0.2) is 5.82 Å². The largest absolute Gasteiger partial charge is 0.311 e. The lowest BCUT2D eigenvalue weighted by molar-refractivity contribution is 0.632. The minimum atomic E-state index is -0.360. The summed E-state index contributed by atoms with van der Waals surface area (Å²) in [6.45, 7) is 9.59. The van der Waals surface area contributed by atoms with E-state index in [1.165, 1.54) is 106 Å². The van der Waals surface area contributed by atoms with Gasteiger partial charge in [0.2, 0.25) is 0 Å². The summed E-state index contributed by atoms with van der Waals surface area (Å²) in [7, 11) is 0. The van der Waals surface area contributed by atoms with E-state index in [1.807, 2.05) is 0 Å². The van der Waals surface area contributed by atoms with Gasteiger partial charge in [-0.05, 0) is 132 Å². The minimum absolute atomic E-state index is 0.105. The van der Waals surface area contributed by atoms with Crippen molar-refractivity contribution in [1.82, 2.24) is 15.0 Å². The Balaban J connectivity index is 1.14. The molecule has 4 aliphatic rings. The van der Waals surface area contributed by atoms with Crippen molar-refractivity contribution in [2.75, 3.05) is 9.80 Å². The van der Waals surface area contributed by atoms with Gasteiger partial charge < -0.3 is 9.80 Å². The SMILES string of the molecule is CC1(C)c2cc(-c3ccccc3)ccc2N2c3cc(-c4ncncn4)cc4c3B(c3cc(-c5ccccc5)cc1c32)c1cc(-c2ccccc2)cc2c1N4c1ccc(-c3ccccc3)cc1C2(C)C. The van der Waals surface area contributed by atoms with E-state index in [0.717, 1.165) is 16.9 Å². The molecule has 0 unspecified atom stereocenters. The summed E-state index contributed by atoms with van der Waals surface area (Å²) in [5.74, 6) is 0.644. The molecule has 326 valence electrons. The molecule has 0 saturated carbocycles. The highest BCUT2D eigenvalue weighted by Crippen LogP contribution is 2.59. The molecule has 1 aromatic heterocycles. The molecule has 0 fully saturated rings. The number of rotatable bonds is 5. The number of nitrogens with zero attached hydrogens (tertiary/aromatic N) is 5. The van der Waals surface area contributed by atoms with Gasteiger partial charge in [-0.25, -0.2) is 15.0 Å². The summed E-state index contributed by atoms with van der Waals surface area (Å²) in [4.78, 5) is 19.1. The van der Waals surface area contributed by atoms with Crippen molar-refractivity contribution >= 4 is 57.2 Å². The average molecular weight is 884 g/mol. The Hall–Kier alpha value is -8.35. The van der Waals surface area contributed by atoms with E-state index in [1.54, 1.807) is 12.7 Å². The van der Waals surface area contributed by atoms with Gasteiger partial charge in [-0.1, -0.05) is 173 Å². The molecular weight excluding hydrogens is 838 g/mol. The smallest absolute Gasteiger partial charge is 0.252 e. The second-order valence-electron chi connectivity index (χ2n) is 20.1. The van der Waals surface area contributed by atoms with Gasteiger partial charge in [-0.3, -0.25) is 0 Å². The fraction of sp³-hybridized carbons (Fsp3) is 0.0952. The maximum atomic E-state index is 4.82. The Bertz CT molecular complexity index is 3500. The lowest BCUT2D eigenvalue weighted by Crippen LogP contribution is -2.63. The Morgan fingerprint density at radius 2 is 0.725 bits per heavy atom. The molecule has 0 bridgehead atoms. The van der Waals surface area contributed by atoms with Crippen molar-refractivity contribution in [1.29, 1.82) is 0 Å². The van der Waals surface area contributed by atoms with E-state index in [9.17, 15) is 0 Å². The summed E-state index contributed by atoms with van der Waals surface area (Å²) in [6.07, 6.45) is 3.22. The van der Waals surface area contributed by atoms with Gasteiger partial charge in [-0.15, -0.1) is 0 Å². The molecule has 14 rings (SSSR count). The molecular formula is C63H46BN5. The molecule has 0 N–H and O–H groups in total. The minimum Gasteiger partial charge on any atom is -0.311 e. The molecule has 0 radical (unpaired) electrons. The first kappa shape index (κ1) is 39.8. The van der Waals surface area contributed by atoms with Crippen molar-refractivity contribution in [3.05, 3.63) is 229 Å². The second-order valence-corrected chi connectivity index (χ2v) is 20.1. The molecule has 0 aliphatic carbocycles. The van der Waals surface area contributed by atoms with Crippen LogP contribution in [0.4, 0.5) is 34.1 Å². The van der Waals surface area contributed by atoms with Gasteiger partial charge in [0.05, 0.1) is 11.4 Å². The zero-order chi connectivity index (χ0) is 46.2. The zero-order valence-corrected chi connectivity index (χ0v) is 38.9. The van der Waals surface area contributed by atoms with Crippen LogP contribution in [0.5, 0.6) is 0 Å². The van der Waals surface area contributed by atoms with Crippen LogP contribution < -0.4 is 26.2 Å². The van der Waals surface area contributed by atoms with Crippen LogP contribution in [0.1, 0.15) is 49.9 Å². The molecule has 0 atom stereocenters. The van der Waals surface area contributed by atoms with Crippen LogP contribution in [0.3, 0.4) is 0 Å². The van der Waals surface area contributed by atoms with E-state index < -0.39 is 0 Å². The Labute approximate surface area is 403 Å². The van der Waals surface area contributed by atoms with Gasteiger partial charge in [0.1, 0.15) is 12.7 Å². The molecule has 10 aromatic rings. The van der Waals surface area contributed by atoms with Crippen molar-refractivity contribution < 1.29 is 0 Å². The van der Waals surface area contributed by atoms with Crippen LogP contribution >= 0.6 is 0 Å². The van der Waals surface area contributed by atoms with Gasteiger partial charge >= 0.3 is 0 Å². The molecule has 0 saturated heterocycles. The van der Waals surface area contributed by atoms with Crippen LogP contribution in [-0.2, 0) is 10.8 Å². The third-order valence-corrected chi connectivity index (χ3v) is 15.6. The Morgan fingerprint density at radius 3 is 1.13 bits per heavy atom. The number of fused-ring (bicyclic) bond motifs is 8. The standard InChI is InChI=1S/C63H46BN5/c1-62(2)48-29-43(39-17-9-5-10-18-39)25-27-54(48)68-56-35-47(61-66-37-65-38-67-61)36-57-58(56)64(52-33-45(31-50(62)59(52)68)41-21-13-7-14-22-41)53-34-46(42-23-15-8-16-24-42)32-51-60(53)69(57)55-28-26-44(30-49(55)63(51,3)4)40-19-11-6-12-20-40/h5-38H,1-4H3. The fourth-order valence-corrected chi connectivity index (χ4v) is 12.2. The molecule has 4 aliphatic heterocycles. The topological polar surface area (TPSA) is 45.2 Å². The van der Waals surface area contributed by atoms with Gasteiger partial charge in [-0.2, -0.15) is 0 Å². The molecule has 69 heavy (non-hydrogen) atoms.